The molecule has 0 amide bonds. The van der Waals surface area contributed by atoms with E-state index in [-0.39, 0.29) is 6.04 Å². The van der Waals surface area contributed by atoms with Crippen LogP contribution in [0.2, 0.25) is 0 Å². The predicted octanol–water partition coefficient (Wildman–Crippen LogP) is 4.08. The van der Waals surface area contributed by atoms with Gasteiger partial charge < -0.3 is 10.0 Å². The van der Waals surface area contributed by atoms with Crippen LogP contribution in [0.15, 0.2) is 28.7 Å². The van der Waals surface area contributed by atoms with Gasteiger partial charge in [0, 0.05) is 22.3 Å². The van der Waals surface area contributed by atoms with Gasteiger partial charge in [-0.25, -0.2) is 4.79 Å². The molecule has 0 heterocycles. The number of carboxylic acids is 1. The van der Waals surface area contributed by atoms with Gasteiger partial charge in [-0.3, -0.25) is 0 Å². The molecule has 0 bridgehead atoms. The number of hydrogen-bond acceptors (Lipinski definition) is 2. The molecule has 0 spiro atoms. The van der Waals surface area contributed by atoms with Crippen molar-refractivity contribution in [3.63, 3.8) is 0 Å². The van der Waals surface area contributed by atoms with E-state index in [1.54, 1.807) is 18.2 Å². The number of alkyl halides is 3. The largest absolute Gasteiger partial charge is 0.478 e. The van der Waals surface area contributed by atoms with E-state index >= 15 is 0 Å². The highest BCUT2D eigenvalue weighted by molar-refractivity contribution is 9.10. The maximum atomic E-state index is 12.8. The van der Waals surface area contributed by atoms with Gasteiger partial charge in [0.1, 0.15) is 6.54 Å². The summed E-state index contributed by atoms with van der Waals surface area (Å²) in [5, 5.41) is 8.68. The standard InChI is InChI=1S/C14H13BrF3NO2/c15-10-3-1-9(2-6-13(20)21)12(7-10)19(11-4-5-11)8-14(16,17)18/h1-3,6-7,11H,4-5,8H2,(H,20,21). The minimum atomic E-state index is -4.31. The third kappa shape index (κ3) is 4.77. The molecule has 1 aromatic carbocycles. The van der Waals surface area contributed by atoms with Crippen LogP contribution in [0.25, 0.3) is 6.08 Å². The Bertz CT molecular complexity index is 568. The predicted molar refractivity (Wildman–Crippen MR) is 77.2 cm³/mol. The molecule has 0 atom stereocenters. The number of hydrogen-bond donors (Lipinski definition) is 1. The lowest BCUT2D eigenvalue weighted by Gasteiger charge is -2.27. The maximum Gasteiger partial charge on any atom is 0.405 e. The summed E-state index contributed by atoms with van der Waals surface area (Å²) >= 11 is 3.25. The molecule has 1 aliphatic carbocycles. The summed E-state index contributed by atoms with van der Waals surface area (Å²) in [5.41, 5.74) is 0.846. The third-order valence-corrected chi connectivity index (χ3v) is 3.54. The van der Waals surface area contributed by atoms with Crippen LogP contribution in [0.3, 0.4) is 0 Å². The molecule has 0 aliphatic heterocycles. The highest BCUT2D eigenvalue weighted by Gasteiger charge is 2.38. The smallest absolute Gasteiger partial charge is 0.405 e. The Morgan fingerprint density at radius 2 is 2.10 bits per heavy atom. The van der Waals surface area contributed by atoms with E-state index in [0.29, 0.717) is 28.6 Å². The molecular formula is C14H13BrF3NO2. The topological polar surface area (TPSA) is 40.5 Å². The van der Waals surface area contributed by atoms with E-state index in [0.717, 1.165) is 6.08 Å². The van der Waals surface area contributed by atoms with Gasteiger partial charge in [-0.2, -0.15) is 13.2 Å². The first-order valence-electron chi connectivity index (χ1n) is 6.30. The summed E-state index contributed by atoms with van der Waals surface area (Å²) < 4.78 is 38.9. The molecule has 3 nitrogen and oxygen atoms in total. The number of nitrogens with zero attached hydrogens (tertiary/aromatic N) is 1. The lowest BCUT2D eigenvalue weighted by atomic mass is 10.1. The molecule has 0 radical (unpaired) electrons. The van der Waals surface area contributed by atoms with Gasteiger partial charge in [0.25, 0.3) is 0 Å². The van der Waals surface area contributed by atoms with Crippen LogP contribution in [0.5, 0.6) is 0 Å². The van der Waals surface area contributed by atoms with E-state index in [2.05, 4.69) is 15.9 Å². The van der Waals surface area contributed by atoms with Crippen LogP contribution in [0.1, 0.15) is 18.4 Å². The van der Waals surface area contributed by atoms with Crippen molar-refractivity contribution in [3.8, 4) is 0 Å². The quantitative estimate of drug-likeness (QED) is 0.801. The van der Waals surface area contributed by atoms with Crippen molar-refractivity contribution >= 4 is 33.7 Å². The number of carbonyl (C=O) groups is 1. The average Bonchev–Trinajstić information content (AvgIpc) is 3.17. The molecule has 114 valence electrons. The lowest BCUT2D eigenvalue weighted by molar-refractivity contribution is -0.131. The molecule has 1 fully saturated rings. The fraction of sp³-hybridized carbons (Fsp3) is 0.357. The molecular weight excluding hydrogens is 351 g/mol. The second-order valence-corrected chi connectivity index (χ2v) is 5.76. The van der Waals surface area contributed by atoms with Crippen molar-refractivity contribution in [1.82, 2.24) is 0 Å². The highest BCUT2D eigenvalue weighted by atomic mass is 79.9. The summed E-state index contributed by atoms with van der Waals surface area (Å²) in [4.78, 5) is 11.9. The van der Waals surface area contributed by atoms with E-state index in [1.165, 1.54) is 11.0 Å². The first-order valence-corrected chi connectivity index (χ1v) is 7.09. The van der Waals surface area contributed by atoms with Crippen molar-refractivity contribution in [2.75, 3.05) is 11.4 Å². The molecule has 0 aromatic heterocycles. The second kappa shape index (κ2) is 6.09. The van der Waals surface area contributed by atoms with Gasteiger partial charge in [-0.05, 0) is 36.6 Å². The summed E-state index contributed by atoms with van der Waals surface area (Å²) in [7, 11) is 0. The van der Waals surface area contributed by atoms with Gasteiger partial charge in [0.15, 0.2) is 0 Å². The fourth-order valence-electron chi connectivity index (χ4n) is 2.06. The highest BCUT2D eigenvalue weighted by Crippen LogP contribution is 2.37. The zero-order valence-corrected chi connectivity index (χ0v) is 12.5. The SMILES string of the molecule is O=C(O)C=Cc1ccc(Br)cc1N(CC(F)(F)F)C1CC1. The van der Waals surface area contributed by atoms with Gasteiger partial charge in [0.2, 0.25) is 0 Å². The number of benzene rings is 1. The molecule has 21 heavy (non-hydrogen) atoms. The summed E-state index contributed by atoms with van der Waals surface area (Å²) in [6.45, 7) is -1.04. The first-order chi connectivity index (χ1) is 9.76. The maximum absolute atomic E-state index is 12.8. The van der Waals surface area contributed by atoms with Gasteiger partial charge >= 0.3 is 12.1 Å². The fourth-order valence-corrected chi connectivity index (χ4v) is 2.41. The van der Waals surface area contributed by atoms with Crippen LogP contribution in [0, 0.1) is 0 Å². The summed E-state index contributed by atoms with van der Waals surface area (Å²) in [5.74, 6) is -1.14. The summed E-state index contributed by atoms with van der Waals surface area (Å²) in [6.07, 6.45) is -0.644. The molecule has 1 N–H and O–H groups in total. The van der Waals surface area contributed by atoms with Crippen molar-refractivity contribution in [3.05, 3.63) is 34.3 Å². The normalized spacial score (nSPS) is 15.4. The van der Waals surface area contributed by atoms with Gasteiger partial charge in [-0.1, -0.05) is 22.0 Å². The monoisotopic (exact) mass is 363 g/mol. The summed E-state index contributed by atoms with van der Waals surface area (Å²) in [6, 6.07) is 4.72. The average molecular weight is 364 g/mol. The van der Waals surface area contributed by atoms with Crippen molar-refractivity contribution in [2.24, 2.45) is 0 Å². The van der Waals surface area contributed by atoms with Crippen LogP contribution < -0.4 is 4.90 Å². The van der Waals surface area contributed by atoms with Crippen molar-refractivity contribution in [2.45, 2.75) is 25.1 Å². The Hall–Kier alpha value is -1.50. The van der Waals surface area contributed by atoms with Gasteiger partial charge in [-0.15, -0.1) is 0 Å². The zero-order chi connectivity index (χ0) is 15.6. The molecule has 1 aromatic rings. The van der Waals surface area contributed by atoms with Crippen LogP contribution in [0.4, 0.5) is 18.9 Å². The Labute approximate surface area is 128 Å². The van der Waals surface area contributed by atoms with Crippen LogP contribution >= 0.6 is 15.9 Å². The molecule has 2 rings (SSSR count). The Morgan fingerprint density at radius 1 is 1.43 bits per heavy atom. The molecule has 7 heteroatoms. The Morgan fingerprint density at radius 3 is 2.62 bits per heavy atom. The third-order valence-electron chi connectivity index (χ3n) is 3.04. The number of anilines is 1. The number of rotatable bonds is 5. The Kier molecular flexibility index (Phi) is 4.61. The lowest BCUT2D eigenvalue weighted by Crippen LogP contribution is -2.36. The molecule has 1 saturated carbocycles. The minimum Gasteiger partial charge on any atom is -0.478 e. The Balaban J connectivity index is 2.38. The van der Waals surface area contributed by atoms with Crippen LogP contribution in [-0.2, 0) is 4.79 Å². The number of halogens is 4. The number of carboxylic acid groups (broad SMARTS) is 1. The zero-order valence-electron chi connectivity index (χ0n) is 10.9. The van der Waals surface area contributed by atoms with Crippen molar-refractivity contribution in [1.29, 1.82) is 0 Å². The number of aliphatic carboxylic acids is 1. The second-order valence-electron chi connectivity index (χ2n) is 4.85. The van der Waals surface area contributed by atoms with Crippen molar-refractivity contribution < 1.29 is 23.1 Å². The van der Waals surface area contributed by atoms with E-state index in [4.69, 9.17) is 5.11 Å². The van der Waals surface area contributed by atoms with Crippen LogP contribution in [-0.4, -0.2) is 29.8 Å². The minimum absolute atomic E-state index is 0.141. The van der Waals surface area contributed by atoms with E-state index in [9.17, 15) is 18.0 Å². The van der Waals surface area contributed by atoms with Gasteiger partial charge in [0.05, 0.1) is 0 Å². The molecule has 1 aliphatic rings. The van der Waals surface area contributed by atoms with E-state index < -0.39 is 18.7 Å². The van der Waals surface area contributed by atoms with E-state index in [1.807, 2.05) is 0 Å². The molecule has 0 unspecified atom stereocenters. The first kappa shape index (κ1) is 15.9. The molecule has 0 saturated heterocycles.